The lowest BCUT2D eigenvalue weighted by molar-refractivity contribution is 0.0590. The van der Waals surface area contributed by atoms with Crippen LogP contribution in [0, 0.1) is 0 Å². The van der Waals surface area contributed by atoms with Gasteiger partial charge in [0.15, 0.2) is 11.5 Å². The highest BCUT2D eigenvalue weighted by Gasteiger charge is 2.22. The molecule has 0 unspecified atom stereocenters. The zero-order valence-electron chi connectivity index (χ0n) is 18.1. The van der Waals surface area contributed by atoms with E-state index in [2.05, 4.69) is 32.5 Å². The van der Waals surface area contributed by atoms with E-state index in [1.165, 1.54) is 7.11 Å². The minimum Gasteiger partial charge on any atom is -0.464 e. The number of methoxy groups -OCH3 is 1. The van der Waals surface area contributed by atoms with Crippen molar-refractivity contribution in [3.63, 3.8) is 0 Å². The Kier molecular flexibility index (Phi) is 6.25. The molecule has 0 aliphatic rings. The molecule has 0 fully saturated rings. The molecule has 0 bridgehead atoms. The number of H-pyrrole nitrogens is 1. The van der Waals surface area contributed by atoms with E-state index >= 15 is 0 Å². The Morgan fingerprint density at radius 2 is 1.88 bits per heavy atom. The lowest BCUT2D eigenvalue weighted by Crippen LogP contribution is -2.15. The topological polar surface area (TPSA) is 125 Å². The highest BCUT2D eigenvalue weighted by Crippen LogP contribution is 2.30. The fraction of sp³-hybridized carbons (Fsp3) is 0.261. The van der Waals surface area contributed by atoms with Crippen molar-refractivity contribution >= 4 is 11.8 Å². The van der Waals surface area contributed by atoms with Crippen LogP contribution in [0.4, 0.5) is 5.82 Å². The molecule has 2 aromatic carbocycles. The van der Waals surface area contributed by atoms with E-state index in [-0.39, 0.29) is 5.82 Å². The summed E-state index contributed by atoms with van der Waals surface area (Å²) in [7, 11) is 1.35. The molecule has 4 aromatic rings. The van der Waals surface area contributed by atoms with Crippen LogP contribution < -0.4 is 5.73 Å². The second kappa shape index (κ2) is 9.42. The first-order chi connectivity index (χ1) is 15.6. The number of carbonyl (C=O) groups is 1. The molecule has 9 heteroatoms. The maximum Gasteiger partial charge on any atom is 0.358 e. The van der Waals surface area contributed by atoms with Crippen LogP contribution in [-0.2, 0) is 17.7 Å². The van der Waals surface area contributed by atoms with Gasteiger partial charge >= 0.3 is 5.97 Å². The van der Waals surface area contributed by atoms with Gasteiger partial charge in [0.1, 0.15) is 5.82 Å². The van der Waals surface area contributed by atoms with Gasteiger partial charge in [-0.3, -0.25) is 0 Å². The summed E-state index contributed by atoms with van der Waals surface area (Å²) < 4.78 is 6.80. The third-order valence-electron chi connectivity index (χ3n) is 5.33. The fourth-order valence-corrected chi connectivity index (χ4v) is 3.71. The van der Waals surface area contributed by atoms with Crippen LogP contribution in [0.15, 0.2) is 48.5 Å². The van der Waals surface area contributed by atoms with Gasteiger partial charge in [-0.2, -0.15) is 5.21 Å². The maximum atomic E-state index is 12.3. The predicted octanol–water partition coefficient (Wildman–Crippen LogP) is 3.49. The van der Waals surface area contributed by atoms with Crippen molar-refractivity contribution < 1.29 is 9.53 Å². The Bertz CT molecular complexity index is 1200. The minimum atomic E-state index is -0.483. The van der Waals surface area contributed by atoms with E-state index in [1.54, 1.807) is 0 Å². The molecule has 4 rings (SSSR count). The number of esters is 1. The van der Waals surface area contributed by atoms with Crippen LogP contribution in [0.1, 0.15) is 41.6 Å². The SMILES string of the molecule is CCCCc1nc(N)c(C(=O)OC)n1Cc1ccc(-c2ccccc2-c2nn[nH]n2)cc1. The molecule has 0 atom stereocenters. The summed E-state index contributed by atoms with van der Waals surface area (Å²) in [5.74, 6) is 1.05. The number of hydrogen-bond acceptors (Lipinski definition) is 7. The zero-order valence-corrected chi connectivity index (χ0v) is 18.1. The Morgan fingerprint density at radius 1 is 1.12 bits per heavy atom. The van der Waals surface area contributed by atoms with Crippen LogP contribution in [0.25, 0.3) is 22.5 Å². The third-order valence-corrected chi connectivity index (χ3v) is 5.33. The summed E-state index contributed by atoms with van der Waals surface area (Å²) in [5, 5.41) is 14.4. The van der Waals surface area contributed by atoms with Gasteiger partial charge in [0.25, 0.3) is 0 Å². The van der Waals surface area contributed by atoms with Crippen LogP contribution in [0.3, 0.4) is 0 Å². The lowest BCUT2D eigenvalue weighted by Gasteiger charge is -2.12. The lowest BCUT2D eigenvalue weighted by atomic mass is 9.98. The highest BCUT2D eigenvalue weighted by molar-refractivity contribution is 5.92. The van der Waals surface area contributed by atoms with E-state index in [0.29, 0.717) is 18.1 Å². The van der Waals surface area contributed by atoms with Crippen molar-refractivity contribution in [3.05, 3.63) is 65.6 Å². The molecule has 2 aromatic heterocycles. The summed E-state index contributed by atoms with van der Waals surface area (Å²) in [5.41, 5.74) is 10.3. The molecule has 0 saturated heterocycles. The van der Waals surface area contributed by atoms with E-state index in [1.807, 2.05) is 53.1 Å². The molecule has 0 spiro atoms. The largest absolute Gasteiger partial charge is 0.464 e. The smallest absolute Gasteiger partial charge is 0.358 e. The number of nitrogens with zero attached hydrogens (tertiary/aromatic N) is 5. The predicted molar refractivity (Wildman–Crippen MR) is 121 cm³/mol. The van der Waals surface area contributed by atoms with Crippen LogP contribution in [0.5, 0.6) is 0 Å². The minimum absolute atomic E-state index is 0.202. The first-order valence-electron chi connectivity index (χ1n) is 10.5. The van der Waals surface area contributed by atoms with E-state index in [9.17, 15) is 4.79 Å². The normalized spacial score (nSPS) is 10.9. The number of aromatic amines is 1. The molecule has 0 radical (unpaired) electrons. The number of carbonyl (C=O) groups excluding carboxylic acids is 1. The summed E-state index contributed by atoms with van der Waals surface area (Å²) in [4.78, 5) is 16.8. The number of aryl methyl sites for hydroxylation is 1. The van der Waals surface area contributed by atoms with Crippen molar-refractivity contribution in [2.75, 3.05) is 12.8 Å². The number of hydrogen-bond donors (Lipinski definition) is 2. The average molecular weight is 432 g/mol. The van der Waals surface area contributed by atoms with Crippen molar-refractivity contribution in [2.24, 2.45) is 0 Å². The van der Waals surface area contributed by atoms with Gasteiger partial charge in [-0.15, -0.1) is 10.2 Å². The van der Waals surface area contributed by atoms with E-state index in [4.69, 9.17) is 10.5 Å². The Labute approximate surface area is 185 Å². The second-order valence-electron chi connectivity index (χ2n) is 7.42. The number of nitrogens with one attached hydrogen (secondary N) is 1. The summed E-state index contributed by atoms with van der Waals surface area (Å²) >= 11 is 0. The molecule has 32 heavy (non-hydrogen) atoms. The second-order valence-corrected chi connectivity index (χ2v) is 7.42. The number of anilines is 1. The number of nitrogens with two attached hydrogens (primary N) is 1. The number of benzene rings is 2. The van der Waals surface area contributed by atoms with Crippen LogP contribution >= 0.6 is 0 Å². The quantitative estimate of drug-likeness (QED) is 0.409. The van der Waals surface area contributed by atoms with E-state index < -0.39 is 5.97 Å². The monoisotopic (exact) mass is 431 g/mol. The van der Waals surface area contributed by atoms with Crippen molar-refractivity contribution in [2.45, 2.75) is 32.7 Å². The molecule has 9 nitrogen and oxygen atoms in total. The highest BCUT2D eigenvalue weighted by atomic mass is 16.5. The zero-order chi connectivity index (χ0) is 22.5. The standard InChI is InChI=1S/C23H25N7O2/c1-3-4-9-19-25-21(24)20(23(31)32-2)30(19)14-15-10-12-16(13-11-15)17-7-5-6-8-18(17)22-26-28-29-27-22/h5-8,10-13H,3-4,9,14,24H2,1-2H3,(H,26,27,28,29). The number of tetrazole rings is 1. The van der Waals surface area contributed by atoms with E-state index in [0.717, 1.165) is 47.3 Å². The molecule has 0 aliphatic heterocycles. The molecular weight excluding hydrogens is 406 g/mol. The molecule has 2 heterocycles. The first kappa shape index (κ1) is 21.2. The molecule has 164 valence electrons. The number of rotatable bonds is 8. The van der Waals surface area contributed by atoms with Crippen molar-refractivity contribution in [3.8, 4) is 22.5 Å². The summed E-state index contributed by atoms with van der Waals surface area (Å²) in [6.07, 6.45) is 2.73. The average Bonchev–Trinajstić information content (AvgIpc) is 3.46. The molecule has 0 saturated carbocycles. The number of ether oxygens (including phenoxy) is 1. The maximum absolute atomic E-state index is 12.3. The molecular formula is C23H25N7O2. The van der Waals surface area contributed by atoms with Gasteiger partial charge in [-0.25, -0.2) is 9.78 Å². The molecule has 0 amide bonds. The van der Waals surface area contributed by atoms with Gasteiger partial charge in [0, 0.05) is 18.5 Å². The fourth-order valence-electron chi connectivity index (χ4n) is 3.71. The molecule has 3 N–H and O–H groups in total. The Morgan fingerprint density at radius 3 is 2.53 bits per heavy atom. The van der Waals surface area contributed by atoms with Crippen molar-refractivity contribution in [1.82, 2.24) is 30.2 Å². The van der Waals surface area contributed by atoms with Crippen LogP contribution in [-0.4, -0.2) is 43.3 Å². The van der Waals surface area contributed by atoms with Gasteiger partial charge in [-0.1, -0.05) is 61.9 Å². The van der Waals surface area contributed by atoms with Gasteiger partial charge in [0.05, 0.1) is 7.11 Å². The van der Waals surface area contributed by atoms with Gasteiger partial charge < -0.3 is 15.0 Å². The third kappa shape index (κ3) is 4.22. The number of nitrogen functional groups attached to an aromatic ring is 1. The Balaban J connectivity index is 1.65. The number of unbranched alkanes of at least 4 members (excludes halogenated alkanes) is 1. The first-order valence-corrected chi connectivity index (χ1v) is 10.5. The number of aromatic nitrogens is 6. The van der Waals surface area contributed by atoms with Crippen LogP contribution in [0.2, 0.25) is 0 Å². The Hall–Kier alpha value is -4.01. The summed E-state index contributed by atoms with van der Waals surface area (Å²) in [6.45, 7) is 2.59. The van der Waals surface area contributed by atoms with Crippen molar-refractivity contribution in [1.29, 1.82) is 0 Å². The van der Waals surface area contributed by atoms with Gasteiger partial charge in [0.2, 0.25) is 5.82 Å². The summed E-state index contributed by atoms with van der Waals surface area (Å²) in [6, 6.07) is 16.0. The number of imidazole rings is 1. The van der Waals surface area contributed by atoms with Gasteiger partial charge in [-0.05, 0) is 28.3 Å². The molecule has 0 aliphatic carbocycles.